The smallest absolute Gasteiger partial charge is 0.255 e. The molecule has 3 aromatic rings. The number of allylic oxidation sites excluding steroid dienone is 1. The lowest BCUT2D eigenvalue weighted by Crippen LogP contribution is -2.34. The molecule has 1 aliphatic rings. The zero-order valence-electron chi connectivity index (χ0n) is 18.9. The van der Waals surface area contributed by atoms with Crippen molar-refractivity contribution >= 4 is 40.9 Å². The third-order valence-corrected chi connectivity index (χ3v) is 5.72. The summed E-state index contributed by atoms with van der Waals surface area (Å²) in [5.74, 6) is -0.286. The predicted molar refractivity (Wildman–Crippen MR) is 135 cm³/mol. The van der Waals surface area contributed by atoms with Gasteiger partial charge >= 0.3 is 0 Å². The van der Waals surface area contributed by atoms with Crippen molar-refractivity contribution in [3.05, 3.63) is 93.5 Å². The quantitative estimate of drug-likeness (QED) is 0.298. The Morgan fingerprint density at radius 1 is 1.26 bits per heavy atom. The van der Waals surface area contributed by atoms with E-state index < -0.39 is 17.8 Å². The number of carbonyl (C=O) groups excluding carboxylic acids is 1. The van der Waals surface area contributed by atoms with E-state index >= 15 is 0 Å². The van der Waals surface area contributed by atoms with Gasteiger partial charge in [-0.1, -0.05) is 23.7 Å². The first kappa shape index (κ1) is 23.9. The van der Waals surface area contributed by atoms with Gasteiger partial charge in [-0.2, -0.15) is 0 Å². The van der Waals surface area contributed by atoms with Gasteiger partial charge < -0.3 is 26.5 Å². The molecule has 1 aliphatic heterocycles. The SMILES string of the molecule is COc1ccc(C2=NC(c3ccc(Cl)cc3)C(C(=O)Nc3cc(C=N)c(N)cc3F)=C(C)N2)cn1. The van der Waals surface area contributed by atoms with Crippen molar-refractivity contribution in [3.8, 4) is 5.88 Å². The first-order valence-electron chi connectivity index (χ1n) is 10.5. The summed E-state index contributed by atoms with van der Waals surface area (Å²) in [6, 6.07) is 12.2. The molecule has 8 nitrogen and oxygen atoms in total. The van der Waals surface area contributed by atoms with Gasteiger partial charge in [0.25, 0.3) is 5.91 Å². The monoisotopic (exact) mass is 492 g/mol. The molecule has 1 unspecified atom stereocenters. The fourth-order valence-corrected chi connectivity index (χ4v) is 3.79. The molecule has 1 amide bonds. The molecule has 178 valence electrons. The molecule has 2 aromatic carbocycles. The molecule has 5 N–H and O–H groups in total. The van der Waals surface area contributed by atoms with E-state index in [1.807, 2.05) is 0 Å². The summed E-state index contributed by atoms with van der Waals surface area (Å²) >= 11 is 6.07. The molecule has 0 bridgehead atoms. The molecule has 0 spiro atoms. The summed E-state index contributed by atoms with van der Waals surface area (Å²) in [7, 11) is 1.53. The summed E-state index contributed by atoms with van der Waals surface area (Å²) in [5, 5.41) is 13.7. The van der Waals surface area contributed by atoms with Gasteiger partial charge in [-0.3, -0.25) is 9.79 Å². The van der Waals surface area contributed by atoms with Gasteiger partial charge in [0.1, 0.15) is 17.7 Å². The van der Waals surface area contributed by atoms with Crippen molar-refractivity contribution in [2.45, 2.75) is 13.0 Å². The van der Waals surface area contributed by atoms with Crippen molar-refractivity contribution in [1.82, 2.24) is 10.3 Å². The molecule has 35 heavy (non-hydrogen) atoms. The fourth-order valence-electron chi connectivity index (χ4n) is 3.66. The van der Waals surface area contributed by atoms with Gasteiger partial charge in [0.15, 0.2) is 0 Å². The number of amides is 1. The highest BCUT2D eigenvalue weighted by Gasteiger charge is 2.30. The summed E-state index contributed by atoms with van der Waals surface area (Å²) in [6.07, 6.45) is 2.61. The first-order valence-corrected chi connectivity index (χ1v) is 10.9. The number of carbonyl (C=O) groups is 1. The number of aromatic nitrogens is 1. The van der Waals surface area contributed by atoms with Crippen LogP contribution in [0.1, 0.15) is 29.7 Å². The van der Waals surface area contributed by atoms with E-state index in [0.29, 0.717) is 33.6 Å². The van der Waals surface area contributed by atoms with E-state index in [9.17, 15) is 9.18 Å². The Morgan fingerprint density at radius 2 is 2.00 bits per heavy atom. The minimum absolute atomic E-state index is 0.0908. The number of nitrogens with zero attached hydrogens (tertiary/aromatic N) is 2. The van der Waals surface area contributed by atoms with Gasteiger partial charge in [0, 0.05) is 46.0 Å². The first-order chi connectivity index (χ1) is 16.8. The number of anilines is 2. The van der Waals surface area contributed by atoms with Crippen LogP contribution in [-0.4, -0.2) is 30.1 Å². The third kappa shape index (κ3) is 4.99. The topological polar surface area (TPSA) is 125 Å². The molecule has 1 aromatic heterocycles. The Balaban J connectivity index is 1.74. The predicted octanol–water partition coefficient (Wildman–Crippen LogP) is 4.47. The minimum Gasteiger partial charge on any atom is -0.481 e. The number of nitrogens with one attached hydrogen (secondary N) is 3. The maximum Gasteiger partial charge on any atom is 0.255 e. The highest BCUT2D eigenvalue weighted by molar-refractivity contribution is 6.30. The second kappa shape index (κ2) is 9.94. The number of hydrogen-bond acceptors (Lipinski definition) is 7. The Bertz CT molecular complexity index is 1350. The average Bonchev–Trinajstić information content (AvgIpc) is 2.85. The van der Waals surface area contributed by atoms with E-state index in [4.69, 9.17) is 32.5 Å². The van der Waals surface area contributed by atoms with Crippen LogP contribution in [0.3, 0.4) is 0 Å². The van der Waals surface area contributed by atoms with Gasteiger partial charge in [-0.15, -0.1) is 0 Å². The van der Waals surface area contributed by atoms with Crippen LogP contribution in [-0.2, 0) is 4.79 Å². The van der Waals surface area contributed by atoms with E-state index in [-0.39, 0.29) is 16.9 Å². The van der Waals surface area contributed by atoms with Crippen molar-refractivity contribution in [1.29, 1.82) is 5.41 Å². The van der Waals surface area contributed by atoms with Gasteiger partial charge in [-0.25, -0.2) is 9.37 Å². The second-order valence-electron chi connectivity index (χ2n) is 7.74. The van der Waals surface area contributed by atoms with E-state index in [1.165, 1.54) is 13.2 Å². The van der Waals surface area contributed by atoms with E-state index in [2.05, 4.69) is 15.6 Å². The molecular weight excluding hydrogens is 471 g/mol. The van der Waals surface area contributed by atoms with Crippen molar-refractivity contribution < 1.29 is 13.9 Å². The average molecular weight is 493 g/mol. The highest BCUT2D eigenvalue weighted by atomic mass is 35.5. The van der Waals surface area contributed by atoms with Crippen molar-refractivity contribution in [3.63, 3.8) is 0 Å². The zero-order chi connectivity index (χ0) is 25.1. The molecular formula is C25H22ClFN6O2. The molecule has 0 aliphatic carbocycles. The molecule has 4 rings (SSSR count). The Labute approximate surface area is 206 Å². The lowest BCUT2D eigenvalue weighted by atomic mass is 9.94. The van der Waals surface area contributed by atoms with E-state index in [0.717, 1.165) is 17.8 Å². The lowest BCUT2D eigenvalue weighted by molar-refractivity contribution is -0.113. The fraction of sp³-hybridized carbons (Fsp3) is 0.120. The molecule has 10 heteroatoms. The number of ether oxygens (including phenoxy) is 1. The van der Waals surface area contributed by atoms with Crippen LogP contribution < -0.4 is 21.1 Å². The number of nitrogens with two attached hydrogens (primary N) is 1. The van der Waals surface area contributed by atoms with Gasteiger partial charge in [-0.05, 0) is 42.8 Å². The summed E-state index contributed by atoms with van der Waals surface area (Å²) in [5.41, 5.74) is 8.28. The van der Waals surface area contributed by atoms with Crippen LogP contribution in [0, 0.1) is 11.2 Å². The van der Waals surface area contributed by atoms with Crippen LogP contribution in [0.4, 0.5) is 15.8 Å². The maximum absolute atomic E-state index is 14.5. The number of nitrogen functional groups attached to an aromatic ring is 1. The van der Waals surface area contributed by atoms with Crippen LogP contribution in [0.15, 0.2) is 71.0 Å². The number of aliphatic imine (C=N–C) groups is 1. The Morgan fingerprint density at radius 3 is 2.63 bits per heavy atom. The Hall–Kier alpha value is -4.24. The number of rotatable bonds is 6. The number of halogens is 2. The molecule has 2 heterocycles. The van der Waals surface area contributed by atoms with Crippen molar-refractivity contribution in [2.24, 2.45) is 4.99 Å². The number of pyridine rings is 1. The second-order valence-corrected chi connectivity index (χ2v) is 8.18. The van der Waals surface area contributed by atoms with Crippen LogP contribution in [0.5, 0.6) is 5.88 Å². The zero-order valence-corrected chi connectivity index (χ0v) is 19.7. The highest BCUT2D eigenvalue weighted by Crippen LogP contribution is 2.33. The number of methoxy groups -OCH3 is 1. The number of hydrogen-bond donors (Lipinski definition) is 4. The lowest BCUT2D eigenvalue weighted by Gasteiger charge is -2.27. The van der Waals surface area contributed by atoms with E-state index in [1.54, 1.807) is 49.5 Å². The number of benzene rings is 2. The van der Waals surface area contributed by atoms with Gasteiger partial charge in [0.05, 0.1) is 18.4 Å². The third-order valence-electron chi connectivity index (χ3n) is 5.47. The maximum atomic E-state index is 14.5. The normalized spacial score (nSPS) is 15.2. The molecule has 0 saturated carbocycles. The molecule has 0 fully saturated rings. The van der Waals surface area contributed by atoms with Crippen LogP contribution >= 0.6 is 11.6 Å². The minimum atomic E-state index is -0.708. The molecule has 1 atom stereocenters. The molecule has 0 saturated heterocycles. The van der Waals surface area contributed by atoms with Crippen molar-refractivity contribution in [2.75, 3.05) is 18.2 Å². The number of amidine groups is 1. The van der Waals surface area contributed by atoms with Crippen LogP contribution in [0.2, 0.25) is 5.02 Å². The Kier molecular flexibility index (Phi) is 6.79. The summed E-state index contributed by atoms with van der Waals surface area (Å²) in [6.45, 7) is 1.74. The largest absolute Gasteiger partial charge is 0.481 e. The summed E-state index contributed by atoms with van der Waals surface area (Å²) < 4.78 is 19.7. The van der Waals surface area contributed by atoms with Gasteiger partial charge in [0.2, 0.25) is 5.88 Å². The van der Waals surface area contributed by atoms with Crippen LogP contribution in [0.25, 0.3) is 0 Å². The summed E-state index contributed by atoms with van der Waals surface area (Å²) in [4.78, 5) is 22.4. The standard InChI is InChI=1S/C25H22ClFN6O2/c1-13-22(25(34)32-20-9-16(11-28)19(29)10-18(20)27)23(14-3-6-17(26)7-4-14)33-24(31-13)15-5-8-21(35-2)30-12-15/h3-12,23,28H,29H2,1-2H3,(H,31,33)(H,32,34). The molecule has 0 radical (unpaired) electrons.